The second-order valence-corrected chi connectivity index (χ2v) is 5.75. The van der Waals surface area contributed by atoms with Crippen LogP contribution in [0.15, 0.2) is 18.5 Å². The average Bonchev–Trinajstić information content (AvgIpc) is 2.97. The third-order valence-electron chi connectivity index (χ3n) is 4.04. The number of halogens is 3. The summed E-state index contributed by atoms with van der Waals surface area (Å²) in [6.45, 7) is 0.523. The Morgan fingerprint density at radius 2 is 2.08 bits per heavy atom. The highest BCUT2D eigenvalue weighted by Gasteiger charge is 2.43. The summed E-state index contributed by atoms with van der Waals surface area (Å²) in [5, 5.41) is 4.36. The summed E-state index contributed by atoms with van der Waals surface area (Å²) in [4.78, 5) is 27.4. The number of ether oxygens (including phenoxy) is 1. The molecule has 0 radical (unpaired) electrons. The van der Waals surface area contributed by atoms with E-state index in [1.54, 1.807) is 18.5 Å². The van der Waals surface area contributed by atoms with Crippen LogP contribution in [0.3, 0.4) is 0 Å². The Labute approximate surface area is 146 Å². The number of carbonyl (C=O) groups excluding carboxylic acids is 2. The molecule has 0 fully saturated rings. The maximum atomic E-state index is 12.4. The number of rotatable bonds is 4. The van der Waals surface area contributed by atoms with E-state index in [1.807, 2.05) is 0 Å². The molecule has 2 heterocycles. The van der Waals surface area contributed by atoms with Crippen LogP contribution in [-0.2, 0) is 28.9 Å². The highest BCUT2D eigenvalue weighted by Crippen LogP contribution is 2.34. The molecule has 0 saturated heterocycles. The zero-order valence-corrected chi connectivity index (χ0v) is 13.5. The predicted octanol–water partition coefficient (Wildman–Crippen LogP) is 1.64. The first-order chi connectivity index (χ1) is 12.3. The number of esters is 2. The van der Waals surface area contributed by atoms with Crippen LogP contribution in [0, 0.1) is 0 Å². The van der Waals surface area contributed by atoms with Crippen LogP contribution in [0.2, 0.25) is 0 Å². The average molecular weight is 368 g/mol. The SMILES string of the molecule is NCCCn1nc2c(c1C(=O)OC(=O)C(F)(F)F)CCc1cnccc1-2. The minimum absolute atomic E-state index is 0.145. The molecule has 2 aromatic rings. The van der Waals surface area contributed by atoms with E-state index in [9.17, 15) is 22.8 Å². The van der Waals surface area contributed by atoms with Gasteiger partial charge in [0.25, 0.3) is 0 Å². The topological polar surface area (TPSA) is 100 Å². The lowest BCUT2D eigenvalue weighted by molar-refractivity contribution is -0.193. The molecule has 0 atom stereocenters. The van der Waals surface area contributed by atoms with Gasteiger partial charge >= 0.3 is 18.1 Å². The summed E-state index contributed by atoms with van der Waals surface area (Å²) < 4.78 is 42.5. The molecule has 10 heteroatoms. The lowest BCUT2D eigenvalue weighted by atomic mass is 9.90. The summed E-state index contributed by atoms with van der Waals surface area (Å²) >= 11 is 0. The fourth-order valence-corrected chi connectivity index (χ4v) is 2.89. The first-order valence-electron chi connectivity index (χ1n) is 7.89. The van der Waals surface area contributed by atoms with Crippen LogP contribution in [0.1, 0.15) is 28.0 Å². The summed E-state index contributed by atoms with van der Waals surface area (Å²) in [6.07, 6.45) is -0.624. The summed E-state index contributed by atoms with van der Waals surface area (Å²) in [6, 6.07) is 1.73. The normalized spacial score (nSPS) is 13.1. The Bertz CT molecular complexity index is 861. The molecule has 0 spiro atoms. The van der Waals surface area contributed by atoms with E-state index in [2.05, 4.69) is 14.8 Å². The molecule has 0 bridgehead atoms. The molecule has 3 rings (SSSR count). The van der Waals surface area contributed by atoms with Crippen molar-refractivity contribution < 1.29 is 27.5 Å². The number of aryl methyl sites for hydroxylation is 2. The molecule has 1 aliphatic rings. The Hall–Kier alpha value is -2.75. The van der Waals surface area contributed by atoms with Crippen LogP contribution in [0.25, 0.3) is 11.3 Å². The van der Waals surface area contributed by atoms with E-state index in [1.165, 1.54) is 4.68 Å². The van der Waals surface area contributed by atoms with Crippen LogP contribution < -0.4 is 5.73 Å². The monoisotopic (exact) mass is 368 g/mol. The number of nitrogens with zero attached hydrogens (tertiary/aromatic N) is 3. The van der Waals surface area contributed by atoms with Gasteiger partial charge in [-0.3, -0.25) is 9.67 Å². The van der Waals surface area contributed by atoms with E-state index in [0.717, 1.165) is 11.1 Å². The zero-order valence-electron chi connectivity index (χ0n) is 13.5. The number of alkyl halides is 3. The number of nitrogens with two attached hydrogens (primary N) is 1. The van der Waals surface area contributed by atoms with Crippen molar-refractivity contribution in [2.24, 2.45) is 5.73 Å². The van der Waals surface area contributed by atoms with Crippen molar-refractivity contribution in [2.45, 2.75) is 32.0 Å². The smallest absolute Gasteiger partial charge is 0.381 e. The van der Waals surface area contributed by atoms with Crippen molar-refractivity contribution in [3.63, 3.8) is 0 Å². The summed E-state index contributed by atoms with van der Waals surface area (Å²) in [5.74, 6) is -3.92. The highest BCUT2D eigenvalue weighted by molar-refractivity contribution is 5.99. The molecule has 26 heavy (non-hydrogen) atoms. The second kappa shape index (κ2) is 6.87. The maximum absolute atomic E-state index is 12.4. The minimum atomic E-state index is -5.25. The van der Waals surface area contributed by atoms with Gasteiger partial charge in [0.05, 0.1) is 5.69 Å². The Kier molecular flexibility index (Phi) is 4.77. The van der Waals surface area contributed by atoms with Crippen LogP contribution >= 0.6 is 0 Å². The second-order valence-electron chi connectivity index (χ2n) is 5.75. The molecule has 0 amide bonds. The third-order valence-corrected chi connectivity index (χ3v) is 4.04. The summed E-state index contributed by atoms with van der Waals surface area (Å²) in [7, 11) is 0. The van der Waals surface area contributed by atoms with Crippen molar-refractivity contribution >= 4 is 11.9 Å². The van der Waals surface area contributed by atoms with Gasteiger partial charge in [0.15, 0.2) is 5.69 Å². The predicted molar refractivity (Wildman–Crippen MR) is 83.0 cm³/mol. The van der Waals surface area contributed by atoms with Gasteiger partial charge in [-0.15, -0.1) is 0 Å². The molecule has 0 unspecified atom stereocenters. The third kappa shape index (κ3) is 3.32. The molecule has 2 N–H and O–H groups in total. The van der Waals surface area contributed by atoms with Gasteiger partial charge in [0, 0.05) is 30.1 Å². The zero-order chi connectivity index (χ0) is 18.9. The molecular weight excluding hydrogens is 353 g/mol. The number of hydrogen-bond acceptors (Lipinski definition) is 6. The van der Waals surface area contributed by atoms with Crippen molar-refractivity contribution in [2.75, 3.05) is 6.54 Å². The van der Waals surface area contributed by atoms with Crippen LogP contribution in [-0.4, -0.2) is 39.4 Å². The van der Waals surface area contributed by atoms with Gasteiger partial charge in [-0.05, 0) is 37.4 Å². The van der Waals surface area contributed by atoms with Gasteiger partial charge in [0.2, 0.25) is 0 Å². The highest BCUT2D eigenvalue weighted by atomic mass is 19.4. The van der Waals surface area contributed by atoms with E-state index in [0.29, 0.717) is 37.1 Å². The number of pyridine rings is 1. The molecule has 0 aliphatic heterocycles. The van der Waals surface area contributed by atoms with E-state index < -0.39 is 18.1 Å². The molecule has 0 aromatic carbocycles. The fourth-order valence-electron chi connectivity index (χ4n) is 2.89. The van der Waals surface area contributed by atoms with E-state index >= 15 is 0 Å². The van der Waals surface area contributed by atoms with Gasteiger partial charge in [-0.2, -0.15) is 18.3 Å². The summed E-state index contributed by atoms with van der Waals surface area (Å²) in [5.41, 5.74) is 7.95. The largest absolute Gasteiger partial charge is 0.491 e. The Morgan fingerprint density at radius 1 is 1.31 bits per heavy atom. The molecule has 7 nitrogen and oxygen atoms in total. The first kappa shape index (κ1) is 18.1. The van der Waals surface area contributed by atoms with Gasteiger partial charge in [0.1, 0.15) is 0 Å². The van der Waals surface area contributed by atoms with Crippen LogP contribution in [0.5, 0.6) is 0 Å². The molecular formula is C16H15F3N4O3. The van der Waals surface area contributed by atoms with Crippen molar-refractivity contribution in [1.29, 1.82) is 0 Å². The standard InChI is InChI=1S/C16H15F3N4O3/c17-16(18,19)15(25)26-14(24)13-11-3-2-9-8-21-6-4-10(9)12(11)22-23(13)7-1-5-20/h4,6,8H,1-3,5,7,20H2. The molecule has 0 saturated carbocycles. The number of hydrogen-bond donors (Lipinski definition) is 1. The molecule has 138 valence electrons. The lowest BCUT2D eigenvalue weighted by Gasteiger charge is -2.15. The Morgan fingerprint density at radius 3 is 2.77 bits per heavy atom. The maximum Gasteiger partial charge on any atom is 0.491 e. The lowest BCUT2D eigenvalue weighted by Crippen LogP contribution is -2.29. The van der Waals surface area contributed by atoms with Crippen molar-refractivity contribution in [3.8, 4) is 11.3 Å². The van der Waals surface area contributed by atoms with E-state index in [-0.39, 0.29) is 12.2 Å². The number of aromatic nitrogens is 3. The van der Waals surface area contributed by atoms with Crippen LogP contribution in [0.4, 0.5) is 13.2 Å². The molecule has 2 aromatic heterocycles. The van der Waals surface area contributed by atoms with Crippen molar-refractivity contribution in [1.82, 2.24) is 14.8 Å². The van der Waals surface area contributed by atoms with Gasteiger partial charge in [-0.1, -0.05) is 0 Å². The quantitative estimate of drug-likeness (QED) is 0.650. The van der Waals surface area contributed by atoms with Gasteiger partial charge in [-0.25, -0.2) is 9.59 Å². The minimum Gasteiger partial charge on any atom is -0.381 e. The first-order valence-corrected chi connectivity index (χ1v) is 7.89. The fraction of sp³-hybridized carbons (Fsp3) is 0.375. The number of fused-ring (bicyclic) bond motifs is 3. The Balaban J connectivity index is 2.03. The molecule has 1 aliphatic carbocycles. The number of carbonyl (C=O) groups is 2. The van der Waals surface area contributed by atoms with E-state index in [4.69, 9.17) is 5.73 Å². The van der Waals surface area contributed by atoms with Gasteiger partial charge < -0.3 is 10.5 Å². The van der Waals surface area contributed by atoms with Crippen molar-refractivity contribution in [3.05, 3.63) is 35.3 Å².